The number of fused-ring (bicyclic) bond motifs is 4. The van der Waals surface area contributed by atoms with Crippen molar-refractivity contribution in [1.29, 1.82) is 0 Å². The summed E-state index contributed by atoms with van der Waals surface area (Å²) in [6, 6.07) is 71.2. The molecule has 2 aromatic heterocycles. The quantitative estimate of drug-likeness (QED) is 0.167. The fraction of sp³-hybridized carbons (Fsp3) is 0. The van der Waals surface area contributed by atoms with Gasteiger partial charge >= 0.3 is 0 Å². The molecule has 0 unspecified atom stereocenters. The zero-order chi connectivity index (χ0) is 35.1. The Balaban J connectivity index is 0.998. The molecule has 0 atom stereocenters. The second-order valence-electron chi connectivity index (χ2n) is 13.4. The topological polar surface area (TPSA) is 21.3 Å². The second-order valence-corrected chi connectivity index (χ2v) is 13.4. The third kappa shape index (κ3) is 5.56. The number of benzene rings is 8. The molecular formula is C50H34N2O. The number of nitrogens with zero attached hydrogens (tertiary/aromatic N) is 2. The minimum Gasteiger partial charge on any atom is -0.455 e. The number of anilines is 3. The highest BCUT2D eigenvalue weighted by Gasteiger charge is 2.16. The first kappa shape index (κ1) is 30.7. The van der Waals surface area contributed by atoms with Crippen LogP contribution in [0.1, 0.15) is 0 Å². The van der Waals surface area contributed by atoms with E-state index in [0.29, 0.717) is 0 Å². The molecule has 0 spiro atoms. The third-order valence-corrected chi connectivity index (χ3v) is 10.3. The van der Waals surface area contributed by atoms with Gasteiger partial charge in [-0.05, 0) is 99.9 Å². The highest BCUT2D eigenvalue weighted by atomic mass is 16.3. The lowest BCUT2D eigenvalue weighted by molar-refractivity contribution is 0.670. The van der Waals surface area contributed by atoms with E-state index in [2.05, 4.69) is 204 Å². The van der Waals surface area contributed by atoms with E-state index in [9.17, 15) is 0 Å². The number of hydrogen-bond donors (Lipinski definition) is 0. The normalized spacial score (nSPS) is 11.4. The van der Waals surface area contributed by atoms with Crippen LogP contribution in [0.5, 0.6) is 0 Å². The molecule has 0 aliphatic heterocycles. The summed E-state index contributed by atoms with van der Waals surface area (Å²) in [4.78, 5) is 2.32. The van der Waals surface area contributed by atoms with E-state index in [4.69, 9.17) is 4.42 Å². The fourth-order valence-electron chi connectivity index (χ4n) is 7.57. The molecule has 0 amide bonds. The molecule has 0 aliphatic rings. The Morgan fingerprint density at radius 1 is 0.377 bits per heavy atom. The lowest BCUT2D eigenvalue weighted by Gasteiger charge is -2.26. The van der Waals surface area contributed by atoms with Gasteiger partial charge in [0.1, 0.15) is 11.2 Å². The van der Waals surface area contributed by atoms with E-state index in [-0.39, 0.29) is 0 Å². The fourth-order valence-corrected chi connectivity index (χ4v) is 7.57. The summed E-state index contributed by atoms with van der Waals surface area (Å²) in [6.45, 7) is 0. The van der Waals surface area contributed by atoms with Crippen LogP contribution < -0.4 is 4.90 Å². The first-order valence-corrected chi connectivity index (χ1v) is 18.0. The maximum atomic E-state index is 6.38. The van der Waals surface area contributed by atoms with Gasteiger partial charge in [-0.25, -0.2) is 0 Å². The Morgan fingerprint density at radius 2 is 0.906 bits per heavy atom. The number of aromatic nitrogens is 1. The van der Waals surface area contributed by atoms with Crippen molar-refractivity contribution < 1.29 is 4.42 Å². The van der Waals surface area contributed by atoms with E-state index in [1.165, 1.54) is 33.2 Å². The van der Waals surface area contributed by atoms with Gasteiger partial charge in [0.05, 0.1) is 5.52 Å². The zero-order valence-electron chi connectivity index (χ0n) is 28.9. The van der Waals surface area contributed by atoms with Crippen molar-refractivity contribution in [2.45, 2.75) is 0 Å². The zero-order valence-corrected chi connectivity index (χ0v) is 28.9. The smallest absolute Gasteiger partial charge is 0.143 e. The van der Waals surface area contributed by atoms with Crippen LogP contribution in [0.15, 0.2) is 211 Å². The third-order valence-electron chi connectivity index (χ3n) is 10.3. The SMILES string of the molecule is c1ccc(-c2ccc(N(c3ccc(-c4ccc(-n5ccc6ccccc65)cc4)cc3)c3ccc(-c4cccc5c4oc4ccccc45)cc3)cc2)cc1. The van der Waals surface area contributed by atoms with Gasteiger partial charge in [0.15, 0.2) is 0 Å². The summed E-state index contributed by atoms with van der Waals surface area (Å²) < 4.78 is 8.62. The van der Waals surface area contributed by atoms with Crippen LogP contribution in [-0.4, -0.2) is 4.57 Å². The van der Waals surface area contributed by atoms with Gasteiger partial charge in [-0.2, -0.15) is 0 Å². The highest BCUT2D eigenvalue weighted by Crippen LogP contribution is 2.40. The van der Waals surface area contributed by atoms with Gasteiger partial charge in [0.2, 0.25) is 0 Å². The first-order valence-electron chi connectivity index (χ1n) is 18.0. The molecule has 2 heterocycles. The van der Waals surface area contributed by atoms with Crippen molar-refractivity contribution in [3.8, 4) is 39.1 Å². The maximum absolute atomic E-state index is 6.38. The molecular weight excluding hydrogens is 645 g/mol. The summed E-state index contributed by atoms with van der Waals surface area (Å²) in [5.41, 5.74) is 14.4. The summed E-state index contributed by atoms with van der Waals surface area (Å²) in [7, 11) is 0. The molecule has 10 rings (SSSR count). The second kappa shape index (κ2) is 12.9. The van der Waals surface area contributed by atoms with E-state index in [1.807, 2.05) is 12.1 Å². The van der Waals surface area contributed by atoms with Gasteiger partial charge < -0.3 is 13.9 Å². The minimum absolute atomic E-state index is 0.908. The molecule has 10 aromatic rings. The highest BCUT2D eigenvalue weighted by molar-refractivity contribution is 6.09. The van der Waals surface area contributed by atoms with Crippen molar-refractivity contribution in [3.63, 3.8) is 0 Å². The van der Waals surface area contributed by atoms with Gasteiger partial charge in [-0.3, -0.25) is 0 Å². The average molecular weight is 679 g/mol. The minimum atomic E-state index is 0.908. The molecule has 0 bridgehead atoms. The van der Waals surface area contributed by atoms with Gasteiger partial charge in [-0.1, -0.05) is 133 Å². The van der Waals surface area contributed by atoms with E-state index in [1.54, 1.807) is 0 Å². The Kier molecular flexibility index (Phi) is 7.47. The average Bonchev–Trinajstić information content (AvgIpc) is 3.84. The van der Waals surface area contributed by atoms with Crippen molar-refractivity contribution in [2.24, 2.45) is 0 Å². The van der Waals surface area contributed by atoms with Crippen LogP contribution in [0.4, 0.5) is 17.1 Å². The Hall–Kier alpha value is -7.10. The van der Waals surface area contributed by atoms with Gasteiger partial charge in [0, 0.05) is 45.3 Å². The van der Waals surface area contributed by atoms with Gasteiger partial charge in [-0.15, -0.1) is 0 Å². The van der Waals surface area contributed by atoms with Crippen molar-refractivity contribution in [2.75, 3.05) is 4.90 Å². The Bertz CT molecular complexity index is 2850. The summed E-state index contributed by atoms with van der Waals surface area (Å²) >= 11 is 0. The molecule has 0 aliphatic carbocycles. The van der Waals surface area contributed by atoms with E-state index >= 15 is 0 Å². The van der Waals surface area contributed by atoms with Crippen molar-refractivity contribution >= 4 is 49.9 Å². The monoisotopic (exact) mass is 678 g/mol. The summed E-state index contributed by atoms with van der Waals surface area (Å²) in [5.74, 6) is 0. The van der Waals surface area contributed by atoms with Crippen LogP contribution in [0.25, 0.3) is 71.9 Å². The van der Waals surface area contributed by atoms with Crippen LogP contribution in [0, 0.1) is 0 Å². The molecule has 250 valence electrons. The molecule has 8 aromatic carbocycles. The van der Waals surface area contributed by atoms with Gasteiger partial charge in [0.25, 0.3) is 0 Å². The van der Waals surface area contributed by atoms with Crippen LogP contribution in [0.2, 0.25) is 0 Å². The number of furan rings is 1. The van der Waals surface area contributed by atoms with Crippen LogP contribution in [0.3, 0.4) is 0 Å². The Morgan fingerprint density at radius 3 is 1.58 bits per heavy atom. The van der Waals surface area contributed by atoms with Crippen LogP contribution in [-0.2, 0) is 0 Å². The molecule has 0 N–H and O–H groups in total. The number of rotatable bonds is 7. The molecule has 0 saturated carbocycles. The maximum Gasteiger partial charge on any atom is 0.143 e. The molecule has 0 radical (unpaired) electrons. The molecule has 0 saturated heterocycles. The van der Waals surface area contributed by atoms with E-state index < -0.39 is 0 Å². The van der Waals surface area contributed by atoms with Crippen LogP contribution >= 0.6 is 0 Å². The van der Waals surface area contributed by atoms with Crippen molar-refractivity contribution in [3.05, 3.63) is 206 Å². The lowest BCUT2D eigenvalue weighted by atomic mass is 10.0. The Labute approximate surface area is 308 Å². The summed E-state index contributed by atoms with van der Waals surface area (Å²) in [5, 5.41) is 3.51. The molecule has 53 heavy (non-hydrogen) atoms. The largest absolute Gasteiger partial charge is 0.455 e. The first-order chi connectivity index (χ1) is 26.3. The summed E-state index contributed by atoms with van der Waals surface area (Å²) in [6.07, 6.45) is 2.14. The lowest BCUT2D eigenvalue weighted by Crippen LogP contribution is -2.09. The molecule has 0 fully saturated rings. The molecule has 3 heteroatoms. The van der Waals surface area contributed by atoms with Crippen molar-refractivity contribution in [1.82, 2.24) is 4.57 Å². The predicted octanol–water partition coefficient (Wildman–Crippen LogP) is 14.0. The molecule has 3 nitrogen and oxygen atoms in total. The standard InChI is InChI=1S/C50H34N2O/c1-2-9-35(10-3-1)36-19-27-42(28-20-36)52(44-31-23-39(24-32-44)45-13-8-14-47-46-12-5-7-16-49(46)53-50(45)47)43-29-21-38(22-30-43)37-17-25-41(26-18-37)51-34-33-40-11-4-6-15-48(40)51/h1-34H. The number of para-hydroxylation sites is 3. The predicted molar refractivity (Wildman–Crippen MR) is 222 cm³/mol. The van der Waals surface area contributed by atoms with E-state index in [0.717, 1.165) is 55.8 Å². The number of hydrogen-bond acceptors (Lipinski definition) is 2.